The lowest BCUT2D eigenvalue weighted by Crippen LogP contribution is -2.48. The van der Waals surface area contributed by atoms with Gasteiger partial charge in [-0.3, -0.25) is 4.79 Å². The summed E-state index contributed by atoms with van der Waals surface area (Å²) in [5.74, 6) is 0.0375. The minimum atomic E-state index is -0.764. The third-order valence-electron chi connectivity index (χ3n) is 5.56. The SMILES string of the molecule is O=C(c1ccoc1)N1CCC(NCC2(O)CCc3ccccc32)CC1. The number of aliphatic hydroxyl groups is 1. The third-order valence-corrected chi connectivity index (χ3v) is 5.56. The zero-order chi connectivity index (χ0) is 17.3. The molecule has 2 N–H and O–H groups in total. The topological polar surface area (TPSA) is 65.7 Å². The van der Waals surface area contributed by atoms with Gasteiger partial charge in [-0.1, -0.05) is 24.3 Å². The molecular weight excluding hydrogens is 316 g/mol. The number of furan rings is 1. The Balaban J connectivity index is 1.30. The molecule has 1 saturated heterocycles. The van der Waals surface area contributed by atoms with Gasteiger partial charge in [-0.25, -0.2) is 0 Å². The quantitative estimate of drug-likeness (QED) is 0.896. The Morgan fingerprint density at radius 2 is 2.08 bits per heavy atom. The standard InChI is InChI=1S/C20H24N2O3/c23-19(16-8-12-25-13-16)22-10-6-17(7-11-22)21-14-20(24)9-5-15-3-1-2-4-18(15)20/h1-4,8,12-13,17,21,24H,5-7,9-11,14H2. The molecule has 0 bridgehead atoms. The largest absolute Gasteiger partial charge is 0.472 e. The predicted molar refractivity (Wildman–Crippen MR) is 94.3 cm³/mol. The number of carbonyl (C=O) groups is 1. The summed E-state index contributed by atoms with van der Waals surface area (Å²) >= 11 is 0. The Kier molecular flexibility index (Phi) is 4.36. The normalized spacial score (nSPS) is 23.6. The maximum Gasteiger partial charge on any atom is 0.257 e. The third kappa shape index (κ3) is 3.22. The fourth-order valence-electron chi connectivity index (χ4n) is 4.02. The van der Waals surface area contributed by atoms with Crippen LogP contribution in [0.25, 0.3) is 0 Å². The molecule has 1 aromatic carbocycles. The molecule has 0 radical (unpaired) electrons. The van der Waals surface area contributed by atoms with E-state index in [1.165, 1.54) is 18.1 Å². The number of hydrogen-bond acceptors (Lipinski definition) is 4. The van der Waals surface area contributed by atoms with E-state index < -0.39 is 5.60 Å². The van der Waals surface area contributed by atoms with Crippen LogP contribution in [0.15, 0.2) is 47.3 Å². The first-order valence-electron chi connectivity index (χ1n) is 9.01. The van der Waals surface area contributed by atoms with E-state index in [4.69, 9.17) is 4.42 Å². The predicted octanol–water partition coefficient (Wildman–Crippen LogP) is 2.31. The average molecular weight is 340 g/mol. The Morgan fingerprint density at radius 3 is 2.84 bits per heavy atom. The molecule has 1 fully saturated rings. The minimum Gasteiger partial charge on any atom is -0.472 e. The summed E-state index contributed by atoms with van der Waals surface area (Å²) < 4.78 is 5.00. The van der Waals surface area contributed by atoms with Crippen LogP contribution >= 0.6 is 0 Å². The van der Waals surface area contributed by atoms with Crippen molar-refractivity contribution in [1.29, 1.82) is 0 Å². The molecule has 2 heterocycles. The smallest absolute Gasteiger partial charge is 0.257 e. The number of nitrogens with one attached hydrogen (secondary N) is 1. The highest BCUT2D eigenvalue weighted by atomic mass is 16.3. The summed E-state index contributed by atoms with van der Waals surface area (Å²) in [4.78, 5) is 14.2. The van der Waals surface area contributed by atoms with E-state index in [-0.39, 0.29) is 5.91 Å². The van der Waals surface area contributed by atoms with Gasteiger partial charge < -0.3 is 19.7 Å². The number of fused-ring (bicyclic) bond motifs is 1. The number of likely N-dealkylation sites (tertiary alicyclic amines) is 1. The molecule has 0 spiro atoms. The van der Waals surface area contributed by atoms with Crippen molar-refractivity contribution in [3.63, 3.8) is 0 Å². The van der Waals surface area contributed by atoms with Crippen LogP contribution in [0.2, 0.25) is 0 Å². The second-order valence-electron chi connectivity index (χ2n) is 7.15. The van der Waals surface area contributed by atoms with Crippen LogP contribution < -0.4 is 5.32 Å². The van der Waals surface area contributed by atoms with Gasteiger partial charge >= 0.3 is 0 Å². The van der Waals surface area contributed by atoms with E-state index in [1.54, 1.807) is 6.07 Å². The zero-order valence-electron chi connectivity index (χ0n) is 14.3. The fourth-order valence-corrected chi connectivity index (χ4v) is 4.02. The number of carbonyl (C=O) groups excluding carboxylic acids is 1. The molecule has 1 atom stereocenters. The van der Waals surface area contributed by atoms with Crippen LogP contribution in [0.4, 0.5) is 0 Å². The van der Waals surface area contributed by atoms with Crippen LogP contribution in [0, 0.1) is 0 Å². The first kappa shape index (κ1) is 16.4. The van der Waals surface area contributed by atoms with Crippen molar-refractivity contribution in [2.75, 3.05) is 19.6 Å². The zero-order valence-corrected chi connectivity index (χ0v) is 14.3. The van der Waals surface area contributed by atoms with E-state index in [2.05, 4.69) is 11.4 Å². The van der Waals surface area contributed by atoms with Crippen LogP contribution in [0.1, 0.15) is 40.7 Å². The van der Waals surface area contributed by atoms with Crippen molar-refractivity contribution in [3.05, 3.63) is 59.5 Å². The van der Waals surface area contributed by atoms with Crippen molar-refractivity contribution in [1.82, 2.24) is 10.2 Å². The molecule has 1 unspecified atom stereocenters. The van der Waals surface area contributed by atoms with Crippen LogP contribution in [-0.4, -0.2) is 41.6 Å². The summed E-state index contributed by atoms with van der Waals surface area (Å²) in [5.41, 5.74) is 2.17. The summed E-state index contributed by atoms with van der Waals surface area (Å²) in [5, 5.41) is 14.5. The molecule has 1 amide bonds. The highest BCUT2D eigenvalue weighted by molar-refractivity contribution is 5.93. The van der Waals surface area contributed by atoms with E-state index in [9.17, 15) is 9.90 Å². The van der Waals surface area contributed by atoms with Crippen molar-refractivity contribution in [2.45, 2.75) is 37.3 Å². The molecule has 1 aliphatic heterocycles. The van der Waals surface area contributed by atoms with Gasteiger partial charge in [-0.05, 0) is 42.9 Å². The fraction of sp³-hybridized carbons (Fsp3) is 0.450. The van der Waals surface area contributed by atoms with E-state index in [1.807, 2.05) is 23.1 Å². The summed E-state index contributed by atoms with van der Waals surface area (Å²) in [6, 6.07) is 10.2. The Morgan fingerprint density at radius 1 is 1.28 bits per heavy atom. The van der Waals surface area contributed by atoms with Crippen molar-refractivity contribution < 1.29 is 14.3 Å². The summed E-state index contributed by atoms with van der Waals surface area (Å²) in [6.07, 6.45) is 6.55. The summed E-state index contributed by atoms with van der Waals surface area (Å²) in [6.45, 7) is 2.04. The lowest BCUT2D eigenvalue weighted by atomic mass is 9.94. The van der Waals surface area contributed by atoms with Gasteiger partial charge in [0.15, 0.2) is 0 Å². The molecule has 1 aromatic heterocycles. The van der Waals surface area contributed by atoms with Gasteiger partial charge in [0, 0.05) is 25.7 Å². The number of rotatable bonds is 4. The number of benzene rings is 1. The molecule has 5 nitrogen and oxygen atoms in total. The van der Waals surface area contributed by atoms with Crippen LogP contribution in [0.5, 0.6) is 0 Å². The molecular formula is C20H24N2O3. The van der Waals surface area contributed by atoms with Gasteiger partial charge in [-0.15, -0.1) is 0 Å². The number of nitrogens with zero attached hydrogens (tertiary/aromatic N) is 1. The van der Waals surface area contributed by atoms with E-state index in [0.717, 1.165) is 44.3 Å². The number of aryl methyl sites for hydroxylation is 1. The van der Waals surface area contributed by atoms with Crippen molar-refractivity contribution >= 4 is 5.91 Å². The molecule has 1 aliphatic carbocycles. The summed E-state index contributed by atoms with van der Waals surface area (Å²) in [7, 11) is 0. The molecule has 132 valence electrons. The first-order valence-corrected chi connectivity index (χ1v) is 9.01. The van der Waals surface area contributed by atoms with Crippen LogP contribution in [0.3, 0.4) is 0 Å². The molecule has 0 saturated carbocycles. The molecule has 5 heteroatoms. The van der Waals surface area contributed by atoms with E-state index >= 15 is 0 Å². The Labute approximate surface area is 147 Å². The minimum absolute atomic E-state index is 0.0375. The van der Waals surface area contributed by atoms with Gasteiger partial charge in [0.05, 0.1) is 11.8 Å². The number of piperidine rings is 1. The highest BCUT2D eigenvalue weighted by Gasteiger charge is 2.37. The number of hydrogen-bond donors (Lipinski definition) is 2. The first-order chi connectivity index (χ1) is 12.2. The van der Waals surface area contributed by atoms with Gasteiger partial charge in [0.1, 0.15) is 11.9 Å². The average Bonchev–Trinajstić information content (AvgIpc) is 3.30. The van der Waals surface area contributed by atoms with Gasteiger partial charge in [-0.2, -0.15) is 0 Å². The Bertz CT molecular complexity index is 735. The molecule has 2 aromatic rings. The van der Waals surface area contributed by atoms with Gasteiger partial charge in [0.2, 0.25) is 0 Å². The second kappa shape index (κ2) is 6.65. The lowest BCUT2D eigenvalue weighted by molar-refractivity contribution is 0.0323. The second-order valence-corrected chi connectivity index (χ2v) is 7.15. The molecule has 25 heavy (non-hydrogen) atoms. The van der Waals surface area contributed by atoms with Crippen LogP contribution in [-0.2, 0) is 12.0 Å². The lowest BCUT2D eigenvalue weighted by Gasteiger charge is -2.34. The van der Waals surface area contributed by atoms with E-state index in [0.29, 0.717) is 18.2 Å². The molecule has 2 aliphatic rings. The maximum atomic E-state index is 12.3. The monoisotopic (exact) mass is 340 g/mol. The number of amides is 1. The van der Waals surface area contributed by atoms with Gasteiger partial charge in [0.25, 0.3) is 5.91 Å². The Hall–Kier alpha value is -2.11. The molecule has 4 rings (SSSR count). The highest BCUT2D eigenvalue weighted by Crippen LogP contribution is 2.36. The maximum absolute atomic E-state index is 12.3. The van der Waals surface area contributed by atoms with Crippen molar-refractivity contribution in [2.24, 2.45) is 0 Å². The van der Waals surface area contributed by atoms with Crippen molar-refractivity contribution in [3.8, 4) is 0 Å².